The fourth-order valence-corrected chi connectivity index (χ4v) is 1.38. The Labute approximate surface area is 93.0 Å². The Morgan fingerprint density at radius 3 is 2.87 bits per heavy atom. The molecule has 0 aliphatic rings. The molecule has 0 unspecified atom stereocenters. The third-order valence-electron chi connectivity index (χ3n) is 1.87. The van der Waals surface area contributed by atoms with Gasteiger partial charge in [0.2, 0.25) is 0 Å². The maximum absolute atomic E-state index is 12.7. The lowest BCUT2D eigenvalue weighted by atomic mass is 10.1. The molecule has 1 aromatic rings. The van der Waals surface area contributed by atoms with E-state index in [1.165, 1.54) is 18.2 Å². The van der Waals surface area contributed by atoms with Crippen LogP contribution in [0.1, 0.15) is 12.5 Å². The topological polar surface area (TPSA) is 26.3 Å². The van der Waals surface area contributed by atoms with Gasteiger partial charge in [-0.2, -0.15) is 0 Å². The van der Waals surface area contributed by atoms with Crippen molar-refractivity contribution in [1.82, 2.24) is 0 Å². The number of hydrogen-bond acceptors (Lipinski definition) is 2. The second kappa shape index (κ2) is 5.83. The number of ketones is 1. The van der Waals surface area contributed by atoms with Gasteiger partial charge in [-0.05, 0) is 24.6 Å². The van der Waals surface area contributed by atoms with Crippen molar-refractivity contribution in [3.63, 3.8) is 0 Å². The summed E-state index contributed by atoms with van der Waals surface area (Å²) in [4.78, 5) is 11.3. The summed E-state index contributed by atoms with van der Waals surface area (Å²) in [6.07, 6.45) is 0.180. The van der Waals surface area contributed by atoms with E-state index >= 15 is 0 Å². The summed E-state index contributed by atoms with van der Waals surface area (Å²) in [6, 6.07) is 4.00. The van der Waals surface area contributed by atoms with E-state index in [9.17, 15) is 9.18 Å². The van der Waals surface area contributed by atoms with Gasteiger partial charge >= 0.3 is 0 Å². The fraction of sp³-hybridized carbons (Fsp3) is 0.364. The summed E-state index contributed by atoms with van der Waals surface area (Å²) in [5.41, 5.74) is 0.628. The number of carbonyl (C=O) groups is 1. The van der Waals surface area contributed by atoms with Crippen LogP contribution in [0.5, 0.6) is 0 Å². The minimum atomic E-state index is -0.402. The molecule has 4 heteroatoms. The first-order chi connectivity index (χ1) is 7.13. The van der Waals surface area contributed by atoms with Gasteiger partial charge in [0.15, 0.2) is 5.78 Å². The van der Waals surface area contributed by atoms with Gasteiger partial charge in [0, 0.05) is 18.1 Å². The van der Waals surface area contributed by atoms with Crippen LogP contribution in [-0.2, 0) is 16.0 Å². The molecule has 0 aliphatic carbocycles. The van der Waals surface area contributed by atoms with Crippen LogP contribution in [0.2, 0.25) is 5.02 Å². The zero-order valence-electron chi connectivity index (χ0n) is 8.43. The number of rotatable bonds is 5. The second-order valence-electron chi connectivity index (χ2n) is 3.09. The van der Waals surface area contributed by atoms with Crippen LogP contribution in [0, 0.1) is 5.82 Å². The molecule has 1 rings (SSSR count). The molecule has 82 valence electrons. The van der Waals surface area contributed by atoms with Crippen LogP contribution in [0.4, 0.5) is 4.39 Å². The summed E-state index contributed by atoms with van der Waals surface area (Å²) < 4.78 is 17.7. The van der Waals surface area contributed by atoms with Crippen molar-refractivity contribution < 1.29 is 13.9 Å². The van der Waals surface area contributed by atoms with Crippen LogP contribution in [-0.4, -0.2) is 19.0 Å². The Bertz CT molecular complexity index is 352. The van der Waals surface area contributed by atoms with Crippen molar-refractivity contribution in [2.24, 2.45) is 0 Å². The van der Waals surface area contributed by atoms with Crippen molar-refractivity contribution in [3.05, 3.63) is 34.6 Å². The van der Waals surface area contributed by atoms with Gasteiger partial charge in [0.25, 0.3) is 0 Å². The maximum atomic E-state index is 12.7. The Hall–Kier alpha value is -0.930. The quantitative estimate of drug-likeness (QED) is 0.777. The van der Waals surface area contributed by atoms with E-state index in [1.807, 2.05) is 6.92 Å². The van der Waals surface area contributed by atoms with Gasteiger partial charge in [-0.25, -0.2) is 4.39 Å². The molecule has 0 fully saturated rings. The van der Waals surface area contributed by atoms with Gasteiger partial charge in [-0.15, -0.1) is 0 Å². The van der Waals surface area contributed by atoms with Crippen molar-refractivity contribution >= 4 is 17.4 Å². The molecular formula is C11H12ClFO2. The molecule has 0 spiro atoms. The number of benzene rings is 1. The molecule has 0 saturated heterocycles. The molecule has 2 nitrogen and oxygen atoms in total. The first-order valence-corrected chi connectivity index (χ1v) is 5.04. The summed E-state index contributed by atoms with van der Waals surface area (Å²) in [5, 5.41) is 0.278. The second-order valence-corrected chi connectivity index (χ2v) is 3.50. The predicted octanol–water partition coefficient (Wildman–Crippen LogP) is 2.63. The zero-order chi connectivity index (χ0) is 11.3. The monoisotopic (exact) mass is 230 g/mol. The highest BCUT2D eigenvalue weighted by atomic mass is 35.5. The molecule has 0 atom stereocenters. The van der Waals surface area contributed by atoms with Gasteiger partial charge in [0.1, 0.15) is 12.4 Å². The number of carbonyl (C=O) groups excluding carboxylic acids is 1. The average Bonchev–Trinajstić information content (AvgIpc) is 2.19. The van der Waals surface area contributed by atoms with E-state index in [0.29, 0.717) is 12.2 Å². The fourth-order valence-electron chi connectivity index (χ4n) is 1.14. The SMILES string of the molecule is CCOCC(=O)Cc1ccc(F)cc1Cl. The standard InChI is InChI=1S/C11H12ClFO2/c1-2-15-7-10(14)5-8-3-4-9(13)6-11(8)12/h3-4,6H,2,5,7H2,1H3. The van der Waals surface area contributed by atoms with Crippen LogP contribution >= 0.6 is 11.6 Å². The number of ether oxygens (including phenoxy) is 1. The first-order valence-electron chi connectivity index (χ1n) is 4.67. The highest BCUT2D eigenvalue weighted by Gasteiger charge is 2.07. The summed E-state index contributed by atoms with van der Waals surface area (Å²) in [7, 11) is 0. The van der Waals surface area contributed by atoms with Crippen molar-refractivity contribution in [2.45, 2.75) is 13.3 Å². The molecule has 0 amide bonds. The van der Waals surface area contributed by atoms with E-state index in [0.717, 1.165) is 0 Å². The minimum absolute atomic E-state index is 0.0645. The van der Waals surface area contributed by atoms with Gasteiger partial charge in [-0.3, -0.25) is 4.79 Å². The van der Waals surface area contributed by atoms with Gasteiger partial charge < -0.3 is 4.74 Å². The lowest BCUT2D eigenvalue weighted by Crippen LogP contribution is -2.11. The molecule has 0 bridgehead atoms. The third kappa shape index (κ3) is 3.98. The zero-order valence-corrected chi connectivity index (χ0v) is 9.18. The van der Waals surface area contributed by atoms with Gasteiger partial charge in [-0.1, -0.05) is 17.7 Å². The smallest absolute Gasteiger partial charge is 0.162 e. The summed E-state index contributed by atoms with van der Waals surface area (Å²) in [6.45, 7) is 2.39. The van der Waals surface area contributed by atoms with Crippen molar-refractivity contribution in [1.29, 1.82) is 0 Å². The average molecular weight is 231 g/mol. The third-order valence-corrected chi connectivity index (χ3v) is 2.22. The van der Waals surface area contributed by atoms with E-state index in [1.54, 1.807) is 0 Å². The van der Waals surface area contributed by atoms with E-state index < -0.39 is 5.82 Å². The Balaban J connectivity index is 2.60. The van der Waals surface area contributed by atoms with Crippen LogP contribution in [0.25, 0.3) is 0 Å². The molecule has 0 radical (unpaired) electrons. The summed E-state index contributed by atoms with van der Waals surface area (Å²) in [5.74, 6) is -0.466. The molecule has 0 heterocycles. The van der Waals surface area contributed by atoms with Crippen LogP contribution < -0.4 is 0 Å². The van der Waals surface area contributed by atoms with Crippen LogP contribution in [0.15, 0.2) is 18.2 Å². The molecule has 0 aromatic heterocycles. The normalized spacial score (nSPS) is 10.3. The van der Waals surface area contributed by atoms with Gasteiger partial charge in [0.05, 0.1) is 0 Å². The summed E-state index contributed by atoms with van der Waals surface area (Å²) >= 11 is 5.77. The highest BCUT2D eigenvalue weighted by Crippen LogP contribution is 2.17. The van der Waals surface area contributed by atoms with E-state index in [-0.39, 0.29) is 23.8 Å². The molecule has 0 saturated carbocycles. The molecular weight excluding hydrogens is 219 g/mol. The minimum Gasteiger partial charge on any atom is -0.374 e. The van der Waals surface area contributed by atoms with E-state index in [2.05, 4.69) is 0 Å². The molecule has 0 N–H and O–H groups in total. The Morgan fingerprint density at radius 1 is 1.53 bits per heavy atom. The number of Topliss-reactive ketones (excluding diaryl/α,β-unsaturated/α-hetero) is 1. The van der Waals surface area contributed by atoms with Crippen molar-refractivity contribution in [3.8, 4) is 0 Å². The molecule has 0 aliphatic heterocycles. The van der Waals surface area contributed by atoms with E-state index in [4.69, 9.17) is 16.3 Å². The Morgan fingerprint density at radius 2 is 2.27 bits per heavy atom. The maximum Gasteiger partial charge on any atom is 0.162 e. The van der Waals surface area contributed by atoms with Crippen LogP contribution in [0.3, 0.4) is 0 Å². The van der Waals surface area contributed by atoms with Crippen molar-refractivity contribution in [2.75, 3.05) is 13.2 Å². The number of hydrogen-bond donors (Lipinski definition) is 0. The Kier molecular flexibility index (Phi) is 4.72. The largest absolute Gasteiger partial charge is 0.374 e. The lowest BCUT2D eigenvalue weighted by molar-refractivity contribution is -0.122. The predicted molar refractivity (Wildman–Crippen MR) is 56.6 cm³/mol. The highest BCUT2D eigenvalue weighted by molar-refractivity contribution is 6.31. The first kappa shape index (κ1) is 12.1. The molecule has 15 heavy (non-hydrogen) atoms. The number of halogens is 2. The lowest BCUT2D eigenvalue weighted by Gasteiger charge is -2.03. The molecule has 1 aromatic carbocycles.